The Morgan fingerprint density at radius 1 is 1.29 bits per heavy atom. The molecule has 3 aliphatic rings. The van der Waals surface area contributed by atoms with Crippen LogP contribution in [0.4, 0.5) is 0 Å². The number of hydrogen-bond acceptors (Lipinski definition) is 4. The summed E-state index contributed by atoms with van der Waals surface area (Å²) in [6, 6.07) is 7.18. The van der Waals surface area contributed by atoms with Crippen molar-refractivity contribution >= 4 is 22.6 Å². The van der Waals surface area contributed by atoms with Gasteiger partial charge in [0.2, 0.25) is 0 Å². The molecule has 0 radical (unpaired) electrons. The number of aromatic amines is 1. The maximum atomic E-state index is 12.6. The van der Waals surface area contributed by atoms with Gasteiger partial charge in [0.15, 0.2) is 0 Å². The Kier molecular flexibility index (Phi) is 3.58. The summed E-state index contributed by atoms with van der Waals surface area (Å²) in [6.07, 6.45) is 3.71. The SMILES string of the molecule is N#Cc1ccc2[nH]cc(C(=O)C(=O)NC3CN4CCC3CC4)c2c1. The molecule has 1 aromatic carbocycles. The molecule has 24 heavy (non-hydrogen) atoms. The van der Waals surface area contributed by atoms with E-state index < -0.39 is 11.7 Å². The van der Waals surface area contributed by atoms with E-state index >= 15 is 0 Å². The fourth-order valence-corrected chi connectivity index (χ4v) is 3.86. The number of fused-ring (bicyclic) bond motifs is 4. The molecule has 2 bridgehead atoms. The van der Waals surface area contributed by atoms with E-state index in [4.69, 9.17) is 5.26 Å². The number of rotatable bonds is 3. The second-order valence-electron chi connectivity index (χ2n) is 6.62. The number of aromatic nitrogens is 1. The number of ketones is 1. The summed E-state index contributed by atoms with van der Waals surface area (Å²) in [7, 11) is 0. The predicted octanol–water partition coefficient (Wildman–Crippen LogP) is 1.43. The predicted molar refractivity (Wildman–Crippen MR) is 88.4 cm³/mol. The first kappa shape index (κ1) is 14.9. The maximum absolute atomic E-state index is 12.6. The van der Waals surface area contributed by atoms with E-state index in [0.717, 1.165) is 38.0 Å². The molecule has 3 aliphatic heterocycles. The molecule has 0 aliphatic carbocycles. The Bertz CT molecular complexity index is 856. The van der Waals surface area contributed by atoms with Crippen LogP contribution in [0.3, 0.4) is 0 Å². The third kappa shape index (κ3) is 2.47. The highest BCUT2D eigenvalue weighted by Gasteiger charge is 2.36. The number of H-pyrrole nitrogens is 1. The molecule has 6 heteroatoms. The molecular formula is C18H18N4O2. The summed E-state index contributed by atoms with van der Waals surface area (Å²) < 4.78 is 0. The van der Waals surface area contributed by atoms with Crippen molar-refractivity contribution in [2.45, 2.75) is 18.9 Å². The van der Waals surface area contributed by atoms with Crippen LogP contribution in [0.2, 0.25) is 0 Å². The van der Waals surface area contributed by atoms with Gasteiger partial charge in [-0.2, -0.15) is 5.26 Å². The molecule has 2 N–H and O–H groups in total. The second kappa shape index (κ2) is 5.77. The quantitative estimate of drug-likeness (QED) is 0.661. The van der Waals surface area contributed by atoms with Crippen molar-refractivity contribution in [3.05, 3.63) is 35.5 Å². The summed E-state index contributed by atoms with van der Waals surface area (Å²) in [5.41, 5.74) is 1.53. The molecule has 4 heterocycles. The number of nitrogens with one attached hydrogen (secondary N) is 2. The average Bonchev–Trinajstić information content (AvgIpc) is 3.05. The molecule has 1 aromatic heterocycles. The van der Waals surface area contributed by atoms with Gasteiger partial charge in [-0.3, -0.25) is 9.59 Å². The number of amides is 1. The summed E-state index contributed by atoms with van der Waals surface area (Å²) in [6.45, 7) is 3.00. The van der Waals surface area contributed by atoms with Crippen molar-refractivity contribution < 1.29 is 9.59 Å². The van der Waals surface area contributed by atoms with Crippen LogP contribution in [0, 0.1) is 17.2 Å². The minimum atomic E-state index is -0.558. The smallest absolute Gasteiger partial charge is 0.292 e. The van der Waals surface area contributed by atoms with Gasteiger partial charge >= 0.3 is 0 Å². The van der Waals surface area contributed by atoms with E-state index in [-0.39, 0.29) is 6.04 Å². The largest absolute Gasteiger partial charge is 0.360 e. The Balaban J connectivity index is 1.55. The molecule has 0 spiro atoms. The molecule has 0 saturated carbocycles. The van der Waals surface area contributed by atoms with Crippen molar-refractivity contribution in [2.75, 3.05) is 19.6 Å². The lowest BCUT2D eigenvalue weighted by Gasteiger charge is -2.44. The van der Waals surface area contributed by atoms with Gasteiger partial charge in [-0.1, -0.05) is 0 Å². The third-order valence-corrected chi connectivity index (χ3v) is 5.23. The highest BCUT2D eigenvalue weighted by Crippen LogP contribution is 2.27. The number of hydrogen-bond donors (Lipinski definition) is 2. The van der Waals surface area contributed by atoms with E-state index in [1.807, 2.05) is 0 Å². The monoisotopic (exact) mass is 322 g/mol. The molecule has 2 aromatic rings. The van der Waals surface area contributed by atoms with E-state index in [1.165, 1.54) is 0 Å². The van der Waals surface area contributed by atoms with Crippen molar-refractivity contribution in [1.29, 1.82) is 5.26 Å². The zero-order chi connectivity index (χ0) is 16.7. The van der Waals surface area contributed by atoms with Crippen molar-refractivity contribution in [3.63, 3.8) is 0 Å². The van der Waals surface area contributed by atoms with Gasteiger partial charge in [0.25, 0.3) is 11.7 Å². The number of piperidine rings is 3. The van der Waals surface area contributed by atoms with Crippen LogP contribution in [0.5, 0.6) is 0 Å². The lowest BCUT2D eigenvalue weighted by molar-refractivity contribution is -0.119. The zero-order valence-electron chi connectivity index (χ0n) is 13.2. The Labute approximate surface area is 139 Å². The molecule has 122 valence electrons. The molecule has 6 nitrogen and oxygen atoms in total. The fraction of sp³-hybridized carbons (Fsp3) is 0.389. The topological polar surface area (TPSA) is 89.0 Å². The number of nitriles is 1. The van der Waals surface area contributed by atoms with Gasteiger partial charge in [-0.05, 0) is 50.0 Å². The second-order valence-corrected chi connectivity index (χ2v) is 6.62. The molecule has 3 saturated heterocycles. The van der Waals surface area contributed by atoms with Gasteiger partial charge in [0.1, 0.15) is 0 Å². The highest BCUT2D eigenvalue weighted by atomic mass is 16.2. The number of benzene rings is 1. The zero-order valence-corrected chi connectivity index (χ0v) is 13.2. The molecule has 1 amide bonds. The molecular weight excluding hydrogens is 304 g/mol. The number of nitrogens with zero attached hydrogens (tertiary/aromatic N) is 2. The van der Waals surface area contributed by atoms with Crippen LogP contribution in [0.25, 0.3) is 10.9 Å². The van der Waals surface area contributed by atoms with Gasteiger partial charge < -0.3 is 15.2 Å². The molecule has 3 fully saturated rings. The normalized spacial score (nSPS) is 25.4. The van der Waals surface area contributed by atoms with E-state index in [0.29, 0.717) is 22.4 Å². The molecule has 1 unspecified atom stereocenters. The summed E-state index contributed by atoms with van der Waals surface area (Å²) in [5.74, 6) is -0.635. The number of Topliss-reactive ketones (excluding diaryl/α,β-unsaturated/α-hetero) is 1. The van der Waals surface area contributed by atoms with E-state index in [1.54, 1.807) is 24.4 Å². The first-order chi connectivity index (χ1) is 11.7. The summed E-state index contributed by atoms with van der Waals surface area (Å²) >= 11 is 0. The molecule has 5 rings (SSSR count). The highest BCUT2D eigenvalue weighted by molar-refractivity contribution is 6.45. The van der Waals surface area contributed by atoms with E-state index in [9.17, 15) is 9.59 Å². The lowest BCUT2D eigenvalue weighted by atomic mass is 9.84. The van der Waals surface area contributed by atoms with Crippen LogP contribution in [0.15, 0.2) is 24.4 Å². The van der Waals surface area contributed by atoms with Crippen LogP contribution >= 0.6 is 0 Å². The van der Waals surface area contributed by atoms with Crippen molar-refractivity contribution in [3.8, 4) is 6.07 Å². The minimum Gasteiger partial charge on any atom is -0.360 e. The summed E-state index contributed by atoms with van der Waals surface area (Å²) in [5, 5.41) is 12.6. The Morgan fingerprint density at radius 3 is 2.75 bits per heavy atom. The van der Waals surface area contributed by atoms with Crippen molar-refractivity contribution in [1.82, 2.24) is 15.2 Å². The Hall–Kier alpha value is -2.65. The van der Waals surface area contributed by atoms with Crippen LogP contribution < -0.4 is 5.32 Å². The minimum absolute atomic E-state index is 0.0591. The van der Waals surface area contributed by atoms with Gasteiger partial charge in [0, 0.05) is 29.7 Å². The standard InChI is InChI=1S/C18H18N4O2/c19-8-11-1-2-15-13(7-11)14(9-20-15)17(23)18(24)21-16-10-22-5-3-12(16)4-6-22/h1-2,7,9,12,16,20H,3-6,10H2,(H,21,24). The summed E-state index contributed by atoms with van der Waals surface area (Å²) in [4.78, 5) is 30.3. The van der Waals surface area contributed by atoms with E-state index in [2.05, 4.69) is 21.3 Å². The lowest BCUT2D eigenvalue weighted by Crippen LogP contribution is -2.58. The molecule has 1 atom stereocenters. The van der Waals surface area contributed by atoms with Crippen LogP contribution in [0.1, 0.15) is 28.8 Å². The fourth-order valence-electron chi connectivity index (χ4n) is 3.86. The van der Waals surface area contributed by atoms with Crippen molar-refractivity contribution in [2.24, 2.45) is 5.92 Å². The van der Waals surface area contributed by atoms with Gasteiger partial charge in [-0.25, -0.2) is 0 Å². The van der Waals surface area contributed by atoms with Gasteiger partial charge in [-0.15, -0.1) is 0 Å². The average molecular weight is 322 g/mol. The van der Waals surface area contributed by atoms with Crippen LogP contribution in [-0.4, -0.2) is 47.3 Å². The Morgan fingerprint density at radius 2 is 2.08 bits per heavy atom. The van der Waals surface area contributed by atoms with Gasteiger partial charge in [0.05, 0.1) is 17.2 Å². The number of carbonyl (C=O) groups is 2. The first-order valence-electron chi connectivity index (χ1n) is 8.24. The maximum Gasteiger partial charge on any atom is 0.292 e. The van der Waals surface area contributed by atoms with Crippen LogP contribution in [-0.2, 0) is 4.79 Å². The number of carbonyl (C=O) groups excluding carboxylic acids is 2. The third-order valence-electron chi connectivity index (χ3n) is 5.23. The first-order valence-corrected chi connectivity index (χ1v) is 8.24.